The predicted molar refractivity (Wildman–Crippen MR) is 101 cm³/mol. The van der Waals surface area contributed by atoms with Crippen LogP contribution in [0.5, 0.6) is 0 Å². The number of amides is 1. The highest BCUT2D eigenvalue weighted by Crippen LogP contribution is 2.28. The average molecular weight is 367 g/mol. The van der Waals surface area contributed by atoms with E-state index in [-0.39, 0.29) is 17.4 Å². The van der Waals surface area contributed by atoms with Gasteiger partial charge in [-0.1, -0.05) is 0 Å². The zero-order valence-corrected chi connectivity index (χ0v) is 15.3. The molecule has 2 N–H and O–H groups in total. The minimum atomic E-state index is -0.179. The molecule has 0 aromatic carbocycles. The standard InChI is InChI=1S/C18H21N7O2/c1-24(2)18-21-10-12-14(23-18)9-13(22-16(12)26)11-3-7-25(8-4-11)17(27)15-19-5-6-20-15/h5-6,9-11H,3-4,7-8H2,1-2H3,(H,19,20)(H,22,26). The quantitative estimate of drug-likeness (QED) is 0.718. The number of nitrogens with one attached hydrogen (secondary N) is 2. The van der Waals surface area contributed by atoms with Crippen LogP contribution in [0.3, 0.4) is 0 Å². The van der Waals surface area contributed by atoms with Crippen LogP contribution in [-0.4, -0.2) is 62.9 Å². The van der Waals surface area contributed by atoms with Gasteiger partial charge in [-0.2, -0.15) is 0 Å². The summed E-state index contributed by atoms with van der Waals surface area (Å²) < 4.78 is 0. The Labute approximate surface area is 155 Å². The number of H-pyrrole nitrogens is 2. The van der Waals surface area contributed by atoms with Crippen LogP contribution in [0.2, 0.25) is 0 Å². The van der Waals surface area contributed by atoms with E-state index >= 15 is 0 Å². The van der Waals surface area contributed by atoms with Crippen molar-refractivity contribution >= 4 is 22.8 Å². The molecule has 0 aliphatic carbocycles. The zero-order chi connectivity index (χ0) is 19.0. The molecule has 0 saturated carbocycles. The maximum absolute atomic E-state index is 12.4. The summed E-state index contributed by atoms with van der Waals surface area (Å²) >= 11 is 0. The van der Waals surface area contributed by atoms with Crippen molar-refractivity contribution in [3.8, 4) is 0 Å². The fraction of sp³-hybridized carbons (Fsp3) is 0.389. The maximum atomic E-state index is 12.4. The highest BCUT2D eigenvalue weighted by atomic mass is 16.2. The first kappa shape index (κ1) is 17.2. The molecule has 3 aromatic rings. The molecule has 1 aliphatic rings. The number of rotatable bonds is 3. The number of fused-ring (bicyclic) bond motifs is 1. The van der Waals surface area contributed by atoms with Crippen molar-refractivity contribution in [3.63, 3.8) is 0 Å². The summed E-state index contributed by atoms with van der Waals surface area (Å²) in [6.45, 7) is 1.24. The normalized spacial score (nSPS) is 15.3. The first-order valence-corrected chi connectivity index (χ1v) is 8.89. The van der Waals surface area contributed by atoms with Crippen molar-refractivity contribution in [3.05, 3.63) is 46.5 Å². The SMILES string of the molecule is CN(C)c1ncc2c(=O)[nH]c(C3CCN(C(=O)c4ncc[nH]4)CC3)cc2n1. The molecule has 27 heavy (non-hydrogen) atoms. The number of aromatic amines is 2. The summed E-state index contributed by atoms with van der Waals surface area (Å²) in [6, 6.07) is 1.93. The monoisotopic (exact) mass is 367 g/mol. The Balaban J connectivity index is 1.55. The molecule has 1 saturated heterocycles. The van der Waals surface area contributed by atoms with E-state index in [1.54, 1.807) is 28.4 Å². The van der Waals surface area contributed by atoms with Crippen LogP contribution in [0.15, 0.2) is 29.5 Å². The molecule has 1 fully saturated rings. The van der Waals surface area contributed by atoms with Crippen molar-refractivity contribution in [2.75, 3.05) is 32.1 Å². The van der Waals surface area contributed by atoms with Crippen molar-refractivity contribution in [1.82, 2.24) is 29.8 Å². The van der Waals surface area contributed by atoms with Crippen LogP contribution in [0.1, 0.15) is 35.1 Å². The van der Waals surface area contributed by atoms with Crippen LogP contribution in [-0.2, 0) is 0 Å². The number of imidazole rings is 1. The molecular formula is C18H21N7O2. The fourth-order valence-electron chi connectivity index (χ4n) is 3.41. The topological polar surface area (TPSA) is 111 Å². The predicted octanol–water partition coefficient (Wildman–Crippen LogP) is 1.13. The summed E-state index contributed by atoms with van der Waals surface area (Å²) in [5, 5.41) is 0.481. The zero-order valence-electron chi connectivity index (χ0n) is 15.3. The van der Waals surface area contributed by atoms with Gasteiger partial charge in [0, 0.05) is 57.4 Å². The van der Waals surface area contributed by atoms with E-state index in [1.165, 1.54) is 0 Å². The molecule has 1 aliphatic heterocycles. The van der Waals surface area contributed by atoms with E-state index in [9.17, 15) is 9.59 Å². The number of likely N-dealkylation sites (tertiary alicyclic amines) is 1. The van der Waals surface area contributed by atoms with Gasteiger partial charge in [0.1, 0.15) is 0 Å². The number of aromatic nitrogens is 5. The van der Waals surface area contributed by atoms with Gasteiger partial charge >= 0.3 is 0 Å². The molecule has 1 amide bonds. The van der Waals surface area contributed by atoms with E-state index in [0.29, 0.717) is 35.8 Å². The molecule has 0 radical (unpaired) electrons. The summed E-state index contributed by atoms with van der Waals surface area (Å²) in [6.07, 6.45) is 6.33. The Hall–Kier alpha value is -3.23. The van der Waals surface area contributed by atoms with Crippen LogP contribution < -0.4 is 10.5 Å². The molecule has 0 unspecified atom stereocenters. The number of piperidine rings is 1. The van der Waals surface area contributed by atoms with Gasteiger partial charge in [0.25, 0.3) is 11.5 Å². The van der Waals surface area contributed by atoms with Gasteiger partial charge in [0.05, 0.1) is 10.9 Å². The molecule has 140 valence electrons. The van der Waals surface area contributed by atoms with E-state index in [2.05, 4.69) is 24.9 Å². The van der Waals surface area contributed by atoms with Gasteiger partial charge in [-0.15, -0.1) is 0 Å². The van der Waals surface area contributed by atoms with Crippen LogP contribution >= 0.6 is 0 Å². The number of anilines is 1. The molecule has 0 spiro atoms. The number of pyridine rings is 1. The third-order valence-electron chi connectivity index (χ3n) is 4.92. The van der Waals surface area contributed by atoms with Crippen molar-refractivity contribution in [1.29, 1.82) is 0 Å². The summed E-state index contributed by atoms with van der Waals surface area (Å²) in [5.74, 6) is 1.02. The Kier molecular flexibility index (Phi) is 4.35. The van der Waals surface area contributed by atoms with E-state index in [0.717, 1.165) is 18.5 Å². The Morgan fingerprint density at radius 2 is 2.04 bits per heavy atom. The third-order valence-corrected chi connectivity index (χ3v) is 4.92. The minimum absolute atomic E-state index is 0.0891. The lowest BCUT2D eigenvalue weighted by Gasteiger charge is -2.31. The third kappa shape index (κ3) is 3.27. The Bertz CT molecular complexity index is 1020. The highest BCUT2D eigenvalue weighted by Gasteiger charge is 2.26. The van der Waals surface area contributed by atoms with Gasteiger partial charge in [-0.3, -0.25) is 9.59 Å². The molecule has 9 nitrogen and oxygen atoms in total. The van der Waals surface area contributed by atoms with Crippen molar-refractivity contribution in [2.24, 2.45) is 0 Å². The average Bonchev–Trinajstić information content (AvgIpc) is 3.22. The van der Waals surface area contributed by atoms with Gasteiger partial charge in [0.2, 0.25) is 5.95 Å². The summed E-state index contributed by atoms with van der Waals surface area (Å²) in [7, 11) is 3.72. The lowest BCUT2D eigenvalue weighted by atomic mass is 9.92. The largest absolute Gasteiger partial charge is 0.347 e. The molecule has 4 heterocycles. The first-order valence-electron chi connectivity index (χ1n) is 8.89. The molecule has 0 bridgehead atoms. The van der Waals surface area contributed by atoms with Gasteiger partial charge in [-0.05, 0) is 18.9 Å². The second-order valence-electron chi connectivity index (χ2n) is 6.92. The number of nitrogens with zero attached hydrogens (tertiary/aromatic N) is 5. The van der Waals surface area contributed by atoms with Crippen LogP contribution in [0, 0.1) is 0 Å². The summed E-state index contributed by atoms with van der Waals surface area (Å²) in [4.78, 5) is 46.9. The highest BCUT2D eigenvalue weighted by molar-refractivity contribution is 5.90. The number of hydrogen-bond donors (Lipinski definition) is 2. The second kappa shape index (κ2) is 6.82. The Morgan fingerprint density at radius 1 is 1.26 bits per heavy atom. The number of carbonyl (C=O) groups excluding carboxylic acids is 1. The van der Waals surface area contributed by atoms with E-state index in [1.807, 2.05) is 20.2 Å². The van der Waals surface area contributed by atoms with Crippen molar-refractivity contribution in [2.45, 2.75) is 18.8 Å². The van der Waals surface area contributed by atoms with Crippen LogP contribution in [0.25, 0.3) is 10.9 Å². The van der Waals surface area contributed by atoms with Gasteiger partial charge < -0.3 is 19.8 Å². The van der Waals surface area contributed by atoms with Crippen LogP contribution in [0.4, 0.5) is 5.95 Å². The molecule has 4 rings (SSSR count). The van der Waals surface area contributed by atoms with Crippen molar-refractivity contribution < 1.29 is 4.79 Å². The molecule has 9 heteroatoms. The lowest BCUT2D eigenvalue weighted by Crippen LogP contribution is -2.38. The van der Waals surface area contributed by atoms with Gasteiger partial charge in [-0.25, -0.2) is 15.0 Å². The number of hydrogen-bond acceptors (Lipinski definition) is 6. The van der Waals surface area contributed by atoms with E-state index < -0.39 is 0 Å². The molecule has 3 aromatic heterocycles. The fourth-order valence-corrected chi connectivity index (χ4v) is 3.41. The number of carbonyl (C=O) groups is 1. The molecular weight excluding hydrogens is 346 g/mol. The smallest absolute Gasteiger partial charge is 0.289 e. The summed E-state index contributed by atoms with van der Waals surface area (Å²) in [5.41, 5.74) is 1.32. The maximum Gasteiger partial charge on any atom is 0.289 e. The molecule has 0 atom stereocenters. The second-order valence-corrected chi connectivity index (χ2v) is 6.92. The van der Waals surface area contributed by atoms with E-state index in [4.69, 9.17) is 0 Å². The van der Waals surface area contributed by atoms with Gasteiger partial charge in [0.15, 0.2) is 5.82 Å². The Morgan fingerprint density at radius 3 is 2.70 bits per heavy atom. The minimum Gasteiger partial charge on any atom is -0.347 e. The first-order chi connectivity index (χ1) is 13.0. The lowest BCUT2D eigenvalue weighted by molar-refractivity contribution is 0.0701.